The minimum atomic E-state index is -0.761. The molecule has 0 radical (unpaired) electrons. The average Bonchev–Trinajstić information content (AvgIpc) is 3.47. The number of primary amides is 2. The number of nitrogens with zero attached hydrogens (tertiary/aromatic N) is 3. The zero-order valence-corrected chi connectivity index (χ0v) is 38.9. The number of thioether (sulfide) groups is 1. The van der Waals surface area contributed by atoms with Crippen LogP contribution >= 0.6 is 11.8 Å². The number of ether oxygens (including phenoxy) is 1. The van der Waals surface area contributed by atoms with Crippen LogP contribution in [-0.4, -0.2) is 174 Å². The molecule has 0 aromatic carbocycles. The van der Waals surface area contributed by atoms with Gasteiger partial charge in [0.1, 0.15) is 12.1 Å². The first kappa shape index (κ1) is 54.6. The maximum atomic E-state index is 13.0. The lowest BCUT2D eigenvalue weighted by Gasteiger charge is -2.34. The summed E-state index contributed by atoms with van der Waals surface area (Å²) in [4.78, 5) is 115. The van der Waals surface area contributed by atoms with E-state index in [0.717, 1.165) is 18.0 Å². The summed E-state index contributed by atoms with van der Waals surface area (Å²) in [6.45, 7) is 15.9. The van der Waals surface area contributed by atoms with E-state index in [0.29, 0.717) is 83.7 Å². The molecule has 10 amide bonds. The van der Waals surface area contributed by atoms with E-state index in [1.165, 1.54) is 18.7 Å². The van der Waals surface area contributed by atoms with Crippen LogP contribution in [0.15, 0.2) is 0 Å². The fourth-order valence-electron chi connectivity index (χ4n) is 6.64. The zero-order chi connectivity index (χ0) is 47.2. The van der Waals surface area contributed by atoms with Gasteiger partial charge in [0.25, 0.3) is 0 Å². The highest BCUT2D eigenvalue weighted by atomic mass is 32.2. The summed E-state index contributed by atoms with van der Waals surface area (Å²) in [6.07, 6.45) is 3.09. The lowest BCUT2D eigenvalue weighted by molar-refractivity contribution is -0.139. The van der Waals surface area contributed by atoms with Gasteiger partial charge in [-0.1, -0.05) is 6.92 Å². The molecule has 2 heterocycles. The van der Waals surface area contributed by atoms with E-state index in [1.54, 1.807) is 6.92 Å². The number of hydrogen-bond donors (Lipinski definition) is 8. The highest BCUT2D eigenvalue weighted by Gasteiger charge is 2.39. The Hall–Kier alpha value is -4.54. The number of carbonyl (C=O) groups is 9. The quantitative estimate of drug-likeness (QED) is 0.0307. The van der Waals surface area contributed by atoms with Gasteiger partial charge in [-0.15, -0.1) is 11.8 Å². The number of rotatable bonds is 30. The molecule has 0 spiro atoms. The lowest BCUT2D eigenvalue weighted by Crippen LogP contribution is -2.52. The molecule has 2 saturated heterocycles. The second-order valence-electron chi connectivity index (χ2n) is 17.2. The van der Waals surface area contributed by atoms with Crippen molar-refractivity contribution in [3.63, 3.8) is 0 Å². The first-order chi connectivity index (χ1) is 29.6. The Morgan fingerprint density at radius 3 is 2.10 bits per heavy atom. The molecule has 3 atom stereocenters. The Balaban J connectivity index is 1.58. The van der Waals surface area contributed by atoms with Gasteiger partial charge in [-0.25, -0.2) is 4.79 Å². The molecule has 2 aliphatic heterocycles. The van der Waals surface area contributed by atoms with Crippen molar-refractivity contribution >= 4 is 65.1 Å². The van der Waals surface area contributed by atoms with Crippen LogP contribution in [0.3, 0.4) is 0 Å². The van der Waals surface area contributed by atoms with E-state index >= 15 is 0 Å². The lowest BCUT2D eigenvalue weighted by atomic mass is 9.99. The summed E-state index contributed by atoms with van der Waals surface area (Å²) < 4.78 is 6.07. The summed E-state index contributed by atoms with van der Waals surface area (Å²) in [5.41, 5.74) is 9.28. The number of piperazine rings is 1. The Labute approximate surface area is 375 Å². The summed E-state index contributed by atoms with van der Waals surface area (Å²) in [6, 6.07) is -1.95. The van der Waals surface area contributed by atoms with Gasteiger partial charge in [-0.05, 0) is 66.7 Å². The van der Waals surface area contributed by atoms with Crippen LogP contribution < -0.4 is 43.4 Å². The fraction of sp³-hybridized carbons (Fsp3) is 0.780. The Bertz CT molecular complexity index is 1570. The Morgan fingerprint density at radius 2 is 1.44 bits per heavy atom. The van der Waals surface area contributed by atoms with Crippen LogP contribution in [0.1, 0.15) is 99.3 Å². The highest BCUT2D eigenvalue weighted by Crippen LogP contribution is 2.25. The molecule has 0 saturated carbocycles. The second-order valence-corrected chi connectivity index (χ2v) is 18.5. The van der Waals surface area contributed by atoms with Crippen molar-refractivity contribution in [2.75, 3.05) is 77.8 Å². The molecule has 358 valence electrons. The SMILES string of the molecule is CCC(=O)N[C@@H](CCCCNC(=O)CCC(C)(C)OCCC(C)(C)NC(=O)CCN1C(=O)CC(SCCNC(=O)CN2CCN(CCNC(=O)N[C@@H](C)C(N)=O)CC2)C1=O)C(N)=O. The van der Waals surface area contributed by atoms with Crippen LogP contribution in [0.25, 0.3) is 0 Å². The molecule has 0 aromatic heterocycles. The highest BCUT2D eigenvalue weighted by molar-refractivity contribution is 8.00. The van der Waals surface area contributed by atoms with Gasteiger partial charge in [0.15, 0.2) is 0 Å². The van der Waals surface area contributed by atoms with E-state index in [-0.39, 0.29) is 74.2 Å². The van der Waals surface area contributed by atoms with Crippen molar-refractivity contribution in [1.82, 2.24) is 46.6 Å². The first-order valence-corrected chi connectivity index (χ1v) is 23.0. The second kappa shape index (κ2) is 27.6. The molecule has 2 fully saturated rings. The number of amides is 10. The number of likely N-dealkylation sites (tertiary alicyclic amines) is 1. The summed E-state index contributed by atoms with van der Waals surface area (Å²) in [5.74, 6) is -2.23. The third kappa shape index (κ3) is 22.6. The number of unbranched alkanes of at least 4 members (excludes halogenated alkanes) is 1. The number of nitrogens with two attached hydrogens (primary N) is 2. The van der Waals surface area contributed by atoms with Crippen LogP contribution in [-0.2, 0) is 43.1 Å². The monoisotopic (exact) mass is 912 g/mol. The number of hydrogen-bond acceptors (Lipinski definition) is 13. The maximum Gasteiger partial charge on any atom is 0.315 e. The smallest absolute Gasteiger partial charge is 0.315 e. The normalized spacial score (nSPS) is 17.1. The third-order valence-corrected chi connectivity index (χ3v) is 11.9. The van der Waals surface area contributed by atoms with Crippen molar-refractivity contribution in [1.29, 1.82) is 0 Å². The average molecular weight is 912 g/mol. The first-order valence-electron chi connectivity index (χ1n) is 21.9. The van der Waals surface area contributed by atoms with Gasteiger partial charge < -0.3 is 48.1 Å². The maximum absolute atomic E-state index is 13.0. The van der Waals surface area contributed by atoms with Crippen molar-refractivity contribution < 1.29 is 47.9 Å². The predicted molar refractivity (Wildman–Crippen MR) is 238 cm³/mol. The molecule has 2 aliphatic rings. The van der Waals surface area contributed by atoms with Crippen molar-refractivity contribution in [3.05, 3.63) is 0 Å². The van der Waals surface area contributed by atoms with Crippen molar-refractivity contribution in [3.8, 4) is 0 Å². The fourth-order valence-corrected chi connectivity index (χ4v) is 7.68. The van der Waals surface area contributed by atoms with Crippen LogP contribution in [0.2, 0.25) is 0 Å². The minimum absolute atomic E-state index is 0.0284. The Kier molecular flexibility index (Phi) is 23.9. The zero-order valence-electron chi connectivity index (χ0n) is 38.1. The topological polar surface area (TPSA) is 297 Å². The van der Waals surface area contributed by atoms with Gasteiger partial charge in [-0.3, -0.25) is 53.1 Å². The number of urea groups is 1. The van der Waals surface area contributed by atoms with Crippen molar-refractivity contribution in [2.24, 2.45) is 11.5 Å². The summed E-state index contributed by atoms with van der Waals surface area (Å²) in [5, 5.41) is 15.9. The molecular weight excluding hydrogens is 839 g/mol. The van der Waals surface area contributed by atoms with Gasteiger partial charge in [0.05, 0.1) is 17.4 Å². The van der Waals surface area contributed by atoms with Crippen molar-refractivity contribution in [2.45, 2.75) is 128 Å². The van der Waals surface area contributed by atoms with Gasteiger partial charge in [0.2, 0.25) is 47.3 Å². The van der Waals surface area contributed by atoms with Crippen LogP contribution in [0, 0.1) is 0 Å². The molecule has 0 bridgehead atoms. The predicted octanol–water partition coefficient (Wildman–Crippen LogP) is -1.33. The molecule has 63 heavy (non-hydrogen) atoms. The Morgan fingerprint density at radius 1 is 0.778 bits per heavy atom. The van der Waals surface area contributed by atoms with Crippen LogP contribution in [0.4, 0.5) is 4.79 Å². The van der Waals surface area contributed by atoms with E-state index in [1.807, 2.05) is 32.6 Å². The third-order valence-electron chi connectivity index (χ3n) is 10.7. The molecule has 10 N–H and O–H groups in total. The van der Waals surface area contributed by atoms with Gasteiger partial charge in [0, 0.05) is 102 Å². The molecule has 21 nitrogen and oxygen atoms in total. The van der Waals surface area contributed by atoms with E-state index in [9.17, 15) is 43.2 Å². The molecule has 2 rings (SSSR count). The molecule has 22 heteroatoms. The summed E-state index contributed by atoms with van der Waals surface area (Å²) in [7, 11) is 0. The van der Waals surface area contributed by atoms with Gasteiger partial charge in [-0.2, -0.15) is 0 Å². The number of nitrogens with one attached hydrogen (secondary N) is 6. The molecule has 0 aromatic rings. The van der Waals surface area contributed by atoms with E-state index in [4.69, 9.17) is 16.2 Å². The van der Waals surface area contributed by atoms with Crippen LogP contribution in [0.5, 0.6) is 0 Å². The minimum Gasteiger partial charge on any atom is -0.375 e. The largest absolute Gasteiger partial charge is 0.375 e. The number of carbonyl (C=O) groups excluding carboxylic acids is 9. The molecule has 0 aliphatic carbocycles. The number of imide groups is 1. The molecule has 1 unspecified atom stereocenters. The summed E-state index contributed by atoms with van der Waals surface area (Å²) >= 11 is 1.31. The standard InChI is InChI=1S/C41H73N11O10S/c1-7-31(53)48-29(37(43)59)10-8-9-15-44-32(54)11-13-41(5,6)62-24-14-40(3,4)49-33(55)12-18-52-35(57)26-30(38(52)60)63-25-17-45-34(56)27-51-22-20-50(21-23-51)19-16-46-39(61)47-28(2)36(42)58/h28-30H,7-27H2,1-6H3,(H2,42,58)(H2,43,59)(H,44,54)(H,45,56)(H,48,53)(H,49,55)(H2,46,47,61)/t28-,29-,30?/m0/s1. The van der Waals surface area contributed by atoms with E-state index in [2.05, 4.69) is 36.8 Å². The van der Waals surface area contributed by atoms with Gasteiger partial charge >= 0.3 is 6.03 Å². The van der Waals surface area contributed by atoms with E-state index < -0.39 is 46.3 Å². The molecular formula is C41H73N11O10S.